The summed E-state index contributed by atoms with van der Waals surface area (Å²) in [6.45, 7) is 4.55. The number of hydrogen-bond acceptors (Lipinski definition) is 2. The molecule has 0 saturated heterocycles. The fourth-order valence-corrected chi connectivity index (χ4v) is 1.23. The molecule has 0 bridgehead atoms. The van der Waals surface area contributed by atoms with Gasteiger partial charge in [0.1, 0.15) is 5.78 Å². The van der Waals surface area contributed by atoms with E-state index in [1.807, 2.05) is 0 Å². The molecule has 0 unspecified atom stereocenters. The number of carbonyl (C=O) groups is 1. The normalized spacial score (nSPS) is 13.0. The second kappa shape index (κ2) is 6.35. The summed E-state index contributed by atoms with van der Waals surface area (Å²) in [7, 11) is 0. The van der Waals surface area contributed by atoms with Crippen molar-refractivity contribution in [1.82, 2.24) is 0 Å². The lowest BCUT2D eigenvalue weighted by molar-refractivity contribution is -0.117. The van der Waals surface area contributed by atoms with Crippen LogP contribution in [-0.2, 0) is 4.79 Å². The summed E-state index contributed by atoms with van der Waals surface area (Å²) in [5, 5.41) is 0. The summed E-state index contributed by atoms with van der Waals surface area (Å²) in [5.41, 5.74) is 5.35. The summed E-state index contributed by atoms with van der Waals surface area (Å²) in [5.74, 6) is 0.837. The lowest BCUT2D eigenvalue weighted by Crippen LogP contribution is -2.03. The third-order valence-electron chi connectivity index (χ3n) is 1.79. The van der Waals surface area contributed by atoms with Crippen molar-refractivity contribution in [2.75, 3.05) is 6.54 Å². The van der Waals surface area contributed by atoms with Gasteiger partial charge in [0.05, 0.1) is 0 Å². The summed E-state index contributed by atoms with van der Waals surface area (Å²) >= 11 is 0. The van der Waals surface area contributed by atoms with Crippen molar-refractivity contribution in [3.05, 3.63) is 0 Å². The van der Waals surface area contributed by atoms with E-state index in [1.54, 1.807) is 6.92 Å². The summed E-state index contributed by atoms with van der Waals surface area (Å²) in [6.07, 6.45) is 4.11. The third-order valence-corrected chi connectivity index (χ3v) is 1.79. The van der Waals surface area contributed by atoms with E-state index in [-0.39, 0.29) is 0 Å². The van der Waals surface area contributed by atoms with E-state index in [4.69, 9.17) is 5.73 Å². The predicted molar refractivity (Wildman–Crippen MR) is 47.4 cm³/mol. The van der Waals surface area contributed by atoms with Crippen molar-refractivity contribution in [2.24, 2.45) is 11.7 Å². The first-order chi connectivity index (χ1) is 5.16. The van der Waals surface area contributed by atoms with Gasteiger partial charge in [0, 0.05) is 6.42 Å². The number of unbranched alkanes of at least 4 members (excludes halogenated alkanes) is 1. The van der Waals surface area contributed by atoms with Crippen LogP contribution in [0.4, 0.5) is 0 Å². The van der Waals surface area contributed by atoms with Crippen molar-refractivity contribution in [2.45, 2.75) is 39.5 Å². The highest BCUT2D eigenvalue weighted by Gasteiger charge is 2.03. The topological polar surface area (TPSA) is 43.1 Å². The molecule has 0 aliphatic carbocycles. The van der Waals surface area contributed by atoms with Gasteiger partial charge >= 0.3 is 0 Å². The zero-order valence-corrected chi connectivity index (χ0v) is 7.60. The van der Waals surface area contributed by atoms with Crippen molar-refractivity contribution < 1.29 is 4.79 Å². The van der Waals surface area contributed by atoms with Crippen LogP contribution in [0.25, 0.3) is 0 Å². The van der Waals surface area contributed by atoms with Gasteiger partial charge in [0.25, 0.3) is 0 Å². The third kappa shape index (κ3) is 7.53. The summed E-state index contributed by atoms with van der Waals surface area (Å²) in [4.78, 5) is 10.7. The van der Waals surface area contributed by atoms with Crippen LogP contribution >= 0.6 is 0 Å². The fourth-order valence-electron chi connectivity index (χ4n) is 1.23. The van der Waals surface area contributed by atoms with Crippen LogP contribution in [0.5, 0.6) is 0 Å². The Morgan fingerprint density at radius 3 is 2.55 bits per heavy atom. The lowest BCUT2D eigenvalue weighted by atomic mass is 9.99. The van der Waals surface area contributed by atoms with Gasteiger partial charge in [-0.15, -0.1) is 0 Å². The monoisotopic (exact) mass is 157 g/mol. The summed E-state index contributed by atoms with van der Waals surface area (Å²) < 4.78 is 0. The van der Waals surface area contributed by atoms with Crippen molar-refractivity contribution in [3.63, 3.8) is 0 Å². The molecule has 0 spiro atoms. The van der Waals surface area contributed by atoms with E-state index < -0.39 is 0 Å². The fraction of sp³-hybridized carbons (Fsp3) is 0.889. The molecule has 0 aliphatic rings. The highest BCUT2D eigenvalue weighted by molar-refractivity contribution is 5.75. The number of carbonyl (C=O) groups excluding carboxylic acids is 1. The van der Waals surface area contributed by atoms with Crippen LogP contribution in [0.3, 0.4) is 0 Å². The highest BCUT2D eigenvalue weighted by atomic mass is 16.1. The first-order valence-electron chi connectivity index (χ1n) is 4.36. The van der Waals surface area contributed by atoms with Gasteiger partial charge in [-0.1, -0.05) is 19.8 Å². The average Bonchev–Trinajstić information content (AvgIpc) is 1.86. The van der Waals surface area contributed by atoms with Gasteiger partial charge in [0.15, 0.2) is 0 Å². The van der Waals surface area contributed by atoms with Crippen LogP contribution < -0.4 is 5.73 Å². The Bertz CT molecular complexity index is 112. The molecule has 2 N–H and O–H groups in total. The molecule has 0 radical (unpaired) electrons. The molecule has 0 aromatic rings. The minimum atomic E-state index is 0.297. The first-order valence-corrected chi connectivity index (χ1v) is 4.36. The second-order valence-electron chi connectivity index (χ2n) is 3.30. The van der Waals surface area contributed by atoms with Crippen molar-refractivity contribution >= 4 is 5.78 Å². The minimum absolute atomic E-state index is 0.297. The van der Waals surface area contributed by atoms with E-state index in [9.17, 15) is 4.79 Å². The second-order valence-corrected chi connectivity index (χ2v) is 3.30. The molecule has 0 saturated carbocycles. The molecule has 0 fully saturated rings. The average molecular weight is 157 g/mol. The smallest absolute Gasteiger partial charge is 0.130 e. The molecule has 0 amide bonds. The van der Waals surface area contributed by atoms with E-state index in [0.717, 1.165) is 32.2 Å². The van der Waals surface area contributed by atoms with Gasteiger partial charge in [-0.3, -0.25) is 0 Å². The Morgan fingerprint density at radius 2 is 2.09 bits per heavy atom. The van der Waals surface area contributed by atoms with Crippen LogP contribution in [0.15, 0.2) is 0 Å². The molecule has 0 rings (SSSR count). The molecule has 0 aromatic carbocycles. The molecule has 2 nitrogen and oxygen atoms in total. The number of nitrogens with two attached hydrogens (primary N) is 1. The van der Waals surface area contributed by atoms with Crippen LogP contribution in [-0.4, -0.2) is 12.3 Å². The molecular weight excluding hydrogens is 138 g/mol. The van der Waals surface area contributed by atoms with E-state index in [0.29, 0.717) is 11.7 Å². The minimum Gasteiger partial charge on any atom is -0.330 e. The van der Waals surface area contributed by atoms with Gasteiger partial charge in [-0.05, 0) is 25.8 Å². The van der Waals surface area contributed by atoms with E-state index in [1.165, 1.54) is 0 Å². The lowest BCUT2D eigenvalue weighted by Gasteiger charge is -2.07. The Morgan fingerprint density at radius 1 is 1.45 bits per heavy atom. The Labute approximate surface area is 69.2 Å². The van der Waals surface area contributed by atoms with Gasteiger partial charge in [-0.2, -0.15) is 0 Å². The highest BCUT2D eigenvalue weighted by Crippen LogP contribution is 2.11. The quantitative estimate of drug-likeness (QED) is 0.597. The van der Waals surface area contributed by atoms with E-state index in [2.05, 4.69) is 6.92 Å². The predicted octanol–water partition coefficient (Wildman–Crippen LogP) is 1.73. The van der Waals surface area contributed by atoms with Gasteiger partial charge < -0.3 is 10.5 Å². The van der Waals surface area contributed by atoms with Crippen LogP contribution in [0, 0.1) is 5.92 Å². The molecule has 2 heteroatoms. The Kier molecular flexibility index (Phi) is 6.13. The number of ketones is 1. The molecule has 1 atom stereocenters. The first kappa shape index (κ1) is 10.6. The molecule has 0 aliphatic heterocycles. The number of Topliss-reactive ketones (excluding diaryl/α,β-unsaturated/α-hetero) is 1. The summed E-state index contributed by atoms with van der Waals surface area (Å²) in [6, 6.07) is 0. The maximum Gasteiger partial charge on any atom is 0.130 e. The molecular formula is C9H19NO. The van der Waals surface area contributed by atoms with Crippen molar-refractivity contribution in [1.29, 1.82) is 0 Å². The number of rotatable bonds is 6. The maximum absolute atomic E-state index is 10.7. The Hall–Kier alpha value is -0.370. The largest absolute Gasteiger partial charge is 0.330 e. The standard InChI is InChI=1S/C9H19NO/c1-8(7-9(2)11)5-3-4-6-10/h8H,3-7,10H2,1-2H3/t8-/m0/s1. The van der Waals surface area contributed by atoms with Gasteiger partial charge in [0.2, 0.25) is 0 Å². The molecule has 0 aromatic heterocycles. The maximum atomic E-state index is 10.7. The molecule has 66 valence electrons. The molecule has 0 heterocycles. The zero-order valence-electron chi connectivity index (χ0n) is 7.60. The number of hydrogen-bond donors (Lipinski definition) is 1. The zero-order chi connectivity index (χ0) is 8.69. The Balaban J connectivity index is 3.22. The van der Waals surface area contributed by atoms with Crippen LogP contribution in [0.1, 0.15) is 39.5 Å². The van der Waals surface area contributed by atoms with Crippen LogP contribution in [0.2, 0.25) is 0 Å². The van der Waals surface area contributed by atoms with Gasteiger partial charge in [-0.25, -0.2) is 0 Å². The molecule has 11 heavy (non-hydrogen) atoms. The van der Waals surface area contributed by atoms with Crippen molar-refractivity contribution in [3.8, 4) is 0 Å². The SMILES string of the molecule is CC(=O)C[C@@H](C)CCCCN. The van der Waals surface area contributed by atoms with E-state index >= 15 is 0 Å².